The van der Waals surface area contributed by atoms with Gasteiger partial charge in [0, 0.05) is 39.9 Å². The minimum absolute atomic E-state index is 0.0365. The maximum absolute atomic E-state index is 12.8. The molecule has 3 saturated heterocycles. The molecule has 2 bridgehead atoms. The molecule has 0 spiro atoms. The van der Waals surface area contributed by atoms with Crippen molar-refractivity contribution in [1.82, 2.24) is 10.2 Å². The van der Waals surface area contributed by atoms with E-state index in [0.29, 0.717) is 12.0 Å². The van der Waals surface area contributed by atoms with Crippen molar-refractivity contribution in [3.8, 4) is 0 Å². The SMILES string of the molecule is CC(=O)Nc1cccc(Sc2csc(C(=O)NC3C4CCN(CC4)C3C)c2)c1. The van der Waals surface area contributed by atoms with Gasteiger partial charge in [-0.1, -0.05) is 17.8 Å². The van der Waals surface area contributed by atoms with Crippen LogP contribution in [-0.4, -0.2) is 41.9 Å². The number of nitrogens with zero attached hydrogens (tertiary/aromatic N) is 1. The summed E-state index contributed by atoms with van der Waals surface area (Å²) in [6, 6.07) is 10.4. The molecule has 5 nitrogen and oxygen atoms in total. The lowest BCUT2D eigenvalue weighted by atomic mass is 9.79. The van der Waals surface area contributed by atoms with Crippen LogP contribution in [0.1, 0.15) is 36.4 Å². The molecule has 7 heteroatoms. The Morgan fingerprint density at radius 1 is 1.18 bits per heavy atom. The largest absolute Gasteiger partial charge is 0.347 e. The van der Waals surface area contributed by atoms with Gasteiger partial charge in [0.15, 0.2) is 0 Å². The lowest BCUT2D eigenvalue weighted by Gasteiger charge is -2.49. The standard InChI is InChI=1S/C21H25N3O2S2/c1-13-20(15-6-8-24(13)9-7-15)23-21(26)19-11-18(12-27-19)28-17-5-3-4-16(10-17)22-14(2)25/h3-5,10-13,15,20H,6-9H2,1-2H3,(H,22,25)(H,23,26). The van der Waals surface area contributed by atoms with Gasteiger partial charge in [0.1, 0.15) is 0 Å². The third-order valence-corrected chi connectivity index (χ3v) is 7.70. The molecule has 2 unspecified atom stereocenters. The summed E-state index contributed by atoms with van der Waals surface area (Å²) in [5.41, 5.74) is 0.780. The molecule has 28 heavy (non-hydrogen) atoms. The van der Waals surface area contributed by atoms with E-state index in [4.69, 9.17) is 0 Å². The molecule has 4 heterocycles. The predicted molar refractivity (Wildman–Crippen MR) is 114 cm³/mol. The molecule has 3 fully saturated rings. The van der Waals surface area contributed by atoms with Crippen LogP contribution >= 0.6 is 23.1 Å². The number of carbonyl (C=O) groups is 2. The second-order valence-electron chi connectivity index (χ2n) is 7.57. The highest BCUT2D eigenvalue weighted by atomic mass is 32.2. The zero-order chi connectivity index (χ0) is 19.7. The van der Waals surface area contributed by atoms with Crippen molar-refractivity contribution in [2.75, 3.05) is 18.4 Å². The van der Waals surface area contributed by atoms with Crippen molar-refractivity contribution < 1.29 is 9.59 Å². The van der Waals surface area contributed by atoms with E-state index >= 15 is 0 Å². The number of amides is 2. The van der Waals surface area contributed by atoms with Gasteiger partial charge in [-0.3, -0.25) is 14.5 Å². The monoisotopic (exact) mass is 415 g/mol. The second-order valence-corrected chi connectivity index (χ2v) is 9.63. The van der Waals surface area contributed by atoms with E-state index < -0.39 is 0 Å². The van der Waals surface area contributed by atoms with E-state index in [2.05, 4.69) is 22.5 Å². The van der Waals surface area contributed by atoms with Crippen LogP contribution in [0.25, 0.3) is 0 Å². The van der Waals surface area contributed by atoms with Crippen LogP contribution in [0.5, 0.6) is 0 Å². The fourth-order valence-electron chi connectivity index (χ4n) is 4.24. The number of carbonyl (C=O) groups excluding carboxylic acids is 2. The Morgan fingerprint density at radius 2 is 1.96 bits per heavy atom. The van der Waals surface area contributed by atoms with Crippen LogP contribution < -0.4 is 10.6 Å². The van der Waals surface area contributed by atoms with Gasteiger partial charge in [0.2, 0.25) is 5.91 Å². The summed E-state index contributed by atoms with van der Waals surface area (Å²) in [4.78, 5) is 29.3. The summed E-state index contributed by atoms with van der Waals surface area (Å²) in [6.07, 6.45) is 2.37. The number of fused-ring (bicyclic) bond motifs is 3. The summed E-state index contributed by atoms with van der Waals surface area (Å²) < 4.78 is 0. The maximum atomic E-state index is 12.8. The van der Waals surface area contributed by atoms with Crippen molar-refractivity contribution in [3.05, 3.63) is 40.6 Å². The third kappa shape index (κ3) is 4.26. The van der Waals surface area contributed by atoms with E-state index in [1.807, 2.05) is 35.7 Å². The number of hydrogen-bond donors (Lipinski definition) is 2. The molecule has 2 N–H and O–H groups in total. The van der Waals surface area contributed by atoms with Crippen LogP contribution in [0, 0.1) is 5.92 Å². The smallest absolute Gasteiger partial charge is 0.261 e. The van der Waals surface area contributed by atoms with Gasteiger partial charge in [0.25, 0.3) is 5.91 Å². The fraction of sp³-hybridized carbons (Fsp3) is 0.429. The number of piperidine rings is 3. The lowest BCUT2D eigenvalue weighted by molar-refractivity contribution is -0.114. The van der Waals surface area contributed by atoms with Crippen LogP contribution in [0.2, 0.25) is 0 Å². The first-order chi connectivity index (χ1) is 13.5. The zero-order valence-electron chi connectivity index (χ0n) is 16.1. The van der Waals surface area contributed by atoms with Gasteiger partial charge < -0.3 is 10.6 Å². The number of thiophene rings is 1. The van der Waals surface area contributed by atoms with Crippen molar-refractivity contribution >= 4 is 40.6 Å². The van der Waals surface area contributed by atoms with E-state index in [-0.39, 0.29) is 17.9 Å². The van der Waals surface area contributed by atoms with Gasteiger partial charge in [-0.15, -0.1) is 11.3 Å². The van der Waals surface area contributed by atoms with Crippen LogP contribution in [-0.2, 0) is 4.79 Å². The first-order valence-electron chi connectivity index (χ1n) is 9.68. The summed E-state index contributed by atoms with van der Waals surface area (Å²) in [6.45, 7) is 6.05. The quantitative estimate of drug-likeness (QED) is 0.773. The first kappa shape index (κ1) is 19.5. The van der Waals surface area contributed by atoms with Crippen LogP contribution in [0.3, 0.4) is 0 Å². The highest BCUT2D eigenvalue weighted by Gasteiger charge is 2.40. The highest BCUT2D eigenvalue weighted by molar-refractivity contribution is 7.99. The number of hydrogen-bond acceptors (Lipinski definition) is 5. The number of benzene rings is 1. The Bertz CT molecular complexity index is 872. The molecule has 5 rings (SSSR count). The Balaban J connectivity index is 1.40. The molecule has 0 saturated carbocycles. The minimum atomic E-state index is -0.0846. The average molecular weight is 416 g/mol. The molecule has 3 aliphatic heterocycles. The first-order valence-corrected chi connectivity index (χ1v) is 11.4. The molecule has 1 aromatic heterocycles. The third-order valence-electron chi connectivity index (χ3n) is 5.66. The van der Waals surface area contributed by atoms with Gasteiger partial charge in [-0.2, -0.15) is 0 Å². The predicted octanol–water partition coefficient (Wildman–Crippen LogP) is 4.07. The minimum Gasteiger partial charge on any atom is -0.347 e. The van der Waals surface area contributed by atoms with Gasteiger partial charge >= 0.3 is 0 Å². The zero-order valence-corrected chi connectivity index (χ0v) is 17.7. The Hall–Kier alpha value is -1.83. The summed E-state index contributed by atoms with van der Waals surface area (Å²) >= 11 is 3.08. The maximum Gasteiger partial charge on any atom is 0.261 e. The van der Waals surface area contributed by atoms with Crippen LogP contribution in [0.15, 0.2) is 45.5 Å². The second kappa shape index (κ2) is 8.27. The molecule has 3 aliphatic rings. The highest BCUT2D eigenvalue weighted by Crippen LogP contribution is 2.34. The average Bonchev–Trinajstić information content (AvgIpc) is 3.13. The lowest BCUT2D eigenvalue weighted by Crippen LogP contribution is -2.62. The topological polar surface area (TPSA) is 61.4 Å². The van der Waals surface area contributed by atoms with Crippen molar-refractivity contribution in [2.24, 2.45) is 5.92 Å². The summed E-state index contributed by atoms with van der Waals surface area (Å²) in [5, 5.41) is 8.12. The number of anilines is 1. The molecule has 1 aromatic carbocycles. The van der Waals surface area contributed by atoms with E-state index in [0.717, 1.165) is 33.4 Å². The summed E-state index contributed by atoms with van der Waals surface area (Å²) in [5.74, 6) is 0.558. The van der Waals surface area contributed by atoms with Crippen LogP contribution in [0.4, 0.5) is 5.69 Å². The van der Waals surface area contributed by atoms with Gasteiger partial charge in [0.05, 0.1) is 4.88 Å². The van der Waals surface area contributed by atoms with Crippen molar-refractivity contribution in [2.45, 2.75) is 48.6 Å². The molecular formula is C21H25N3O2S2. The Morgan fingerprint density at radius 3 is 2.68 bits per heavy atom. The molecule has 2 atom stereocenters. The number of nitrogens with one attached hydrogen (secondary N) is 2. The van der Waals surface area contributed by atoms with E-state index in [9.17, 15) is 9.59 Å². The van der Waals surface area contributed by atoms with Gasteiger partial charge in [-0.25, -0.2) is 0 Å². The van der Waals surface area contributed by atoms with Gasteiger partial charge in [-0.05, 0) is 63.0 Å². The normalized spacial score (nSPS) is 26.1. The molecule has 148 valence electrons. The molecule has 0 radical (unpaired) electrons. The van der Waals surface area contributed by atoms with E-state index in [1.165, 1.54) is 31.1 Å². The van der Waals surface area contributed by atoms with Crippen molar-refractivity contribution in [3.63, 3.8) is 0 Å². The molecular weight excluding hydrogens is 390 g/mol. The molecule has 0 aliphatic carbocycles. The Labute approximate surface area is 173 Å². The molecule has 2 amide bonds. The Kier molecular flexibility index (Phi) is 5.75. The number of rotatable bonds is 5. The summed E-state index contributed by atoms with van der Waals surface area (Å²) in [7, 11) is 0. The molecule has 2 aromatic rings. The fourth-order valence-corrected chi connectivity index (χ4v) is 6.10. The van der Waals surface area contributed by atoms with Crippen molar-refractivity contribution in [1.29, 1.82) is 0 Å². The van der Waals surface area contributed by atoms with E-state index in [1.54, 1.807) is 11.8 Å².